The van der Waals surface area contributed by atoms with Crippen LogP contribution in [0, 0.1) is 0 Å². The summed E-state index contributed by atoms with van der Waals surface area (Å²) in [6.45, 7) is 0.988. The molecule has 3 rings (SSSR count). The van der Waals surface area contributed by atoms with Gasteiger partial charge in [-0.25, -0.2) is 8.42 Å². The van der Waals surface area contributed by atoms with Crippen molar-refractivity contribution in [2.75, 3.05) is 25.7 Å². The number of carbonyl (C=O) groups excluding carboxylic acids is 1. The molecule has 1 aromatic heterocycles. The molecule has 29 heavy (non-hydrogen) atoms. The van der Waals surface area contributed by atoms with Gasteiger partial charge in [-0.15, -0.1) is 11.8 Å². The minimum atomic E-state index is -3.30. The summed E-state index contributed by atoms with van der Waals surface area (Å²) < 4.78 is 31.5. The van der Waals surface area contributed by atoms with Crippen LogP contribution >= 0.6 is 23.1 Å². The molecule has 0 saturated heterocycles. The third-order valence-corrected chi connectivity index (χ3v) is 7.30. The monoisotopic (exact) mass is 450 g/mol. The number of thioether (sulfide) groups is 1. The zero-order chi connectivity index (χ0) is 20.9. The zero-order valence-corrected chi connectivity index (χ0v) is 18.6. The molecule has 0 spiro atoms. The Morgan fingerprint density at radius 3 is 2.66 bits per heavy atom. The molecule has 154 valence electrons. The van der Waals surface area contributed by atoms with Gasteiger partial charge in [0.1, 0.15) is 0 Å². The van der Waals surface area contributed by atoms with E-state index in [0.29, 0.717) is 18.0 Å². The van der Waals surface area contributed by atoms with Crippen molar-refractivity contribution in [3.05, 3.63) is 58.9 Å². The fraction of sp³-hybridized carbons (Fsp3) is 0.300. The molecule has 0 aliphatic rings. The summed E-state index contributed by atoms with van der Waals surface area (Å²) >= 11 is 2.83. The van der Waals surface area contributed by atoms with Gasteiger partial charge in [-0.2, -0.15) is 4.99 Å². The van der Waals surface area contributed by atoms with Gasteiger partial charge in [0.25, 0.3) is 5.91 Å². The highest BCUT2D eigenvalue weighted by molar-refractivity contribution is 7.99. The van der Waals surface area contributed by atoms with Gasteiger partial charge in [0, 0.05) is 25.7 Å². The lowest BCUT2D eigenvalue weighted by molar-refractivity contribution is -0.115. The minimum Gasteiger partial charge on any atom is -0.383 e. The van der Waals surface area contributed by atoms with Crippen LogP contribution in [0.2, 0.25) is 0 Å². The van der Waals surface area contributed by atoms with Crippen LogP contribution in [-0.4, -0.2) is 44.6 Å². The van der Waals surface area contributed by atoms with E-state index in [-0.39, 0.29) is 16.6 Å². The van der Waals surface area contributed by atoms with Crippen molar-refractivity contribution in [2.24, 2.45) is 4.99 Å². The Hall–Kier alpha value is -1.94. The molecule has 0 fully saturated rings. The summed E-state index contributed by atoms with van der Waals surface area (Å²) in [6, 6.07) is 14.9. The molecule has 2 aromatic carbocycles. The second kappa shape index (κ2) is 9.71. The highest BCUT2D eigenvalue weighted by Gasteiger charge is 2.13. The Morgan fingerprint density at radius 2 is 1.97 bits per heavy atom. The number of fused-ring (bicyclic) bond motifs is 1. The maximum absolute atomic E-state index is 12.4. The van der Waals surface area contributed by atoms with Gasteiger partial charge in [0.2, 0.25) is 0 Å². The maximum atomic E-state index is 12.4. The number of methoxy groups -OCH3 is 1. The van der Waals surface area contributed by atoms with E-state index in [2.05, 4.69) is 4.99 Å². The van der Waals surface area contributed by atoms with Crippen molar-refractivity contribution in [2.45, 2.75) is 17.2 Å². The van der Waals surface area contributed by atoms with Crippen molar-refractivity contribution < 1.29 is 17.9 Å². The van der Waals surface area contributed by atoms with E-state index >= 15 is 0 Å². The zero-order valence-electron chi connectivity index (χ0n) is 16.2. The molecule has 0 unspecified atom stereocenters. The first-order valence-electron chi connectivity index (χ1n) is 8.90. The first-order valence-corrected chi connectivity index (χ1v) is 12.8. The lowest BCUT2D eigenvalue weighted by Gasteiger charge is -2.05. The Morgan fingerprint density at radius 1 is 1.21 bits per heavy atom. The minimum absolute atomic E-state index is 0.216. The standard InChI is InChI=1S/C20H22N2O4S3/c1-26-11-10-22-17-9-8-16(29(2,24)25)12-18(17)28-20(22)21-19(23)14-27-13-15-6-4-3-5-7-15/h3-9,12H,10-11,13-14H2,1-2H3. The van der Waals surface area contributed by atoms with Crippen molar-refractivity contribution in [3.8, 4) is 0 Å². The third-order valence-electron chi connectivity index (χ3n) is 4.16. The molecular formula is C20H22N2O4S3. The Bertz CT molecular complexity index is 1170. The molecule has 0 aliphatic heterocycles. The van der Waals surface area contributed by atoms with E-state index in [1.165, 1.54) is 29.4 Å². The first kappa shape index (κ1) is 21.8. The topological polar surface area (TPSA) is 77.7 Å². The van der Waals surface area contributed by atoms with E-state index in [9.17, 15) is 13.2 Å². The van der Waals surface area contributed by atoms with E-state index in [1.54, 1.807) is 25.3 Å². The highest BCUT2D eigenvalue weighted by Crippen LogP contribution is 2.22. The highest BCUT2D eigenvalue weighted by atomic mass is 32.2. The number of carbonyl (C=O) groups is 1. The predicted molar refractivity (Wildman–Crippen MR) is 118 cm³/mol. The van der Waals surface area contributed by atoms with Gasteiger partial charge < -0.3 is 9.30 Å². The number of nitrogens with zero attached hydrogens (tertiary/aromatic N) is 2. The molecule has 0 N–H and O–H groups in total. The summed E-state index contributed by atoms with van der Waals surface area (Å²) in [5, 5.41) is 0. The fourth-order valence-electron chi connectivity index (χ4n) is 2.74. The largest absolute Gasteiger partial charge is 0.383 e. The Balaban J connectivity index is 1.86. The molecule has 0 saturated carbocycles. The lowest BCUT2D eigenvalue weighted by Crippen LogP contribution is -2.19. The normalized spacial score (nSPS) is 12.6. The summed E-state index contributed by atoms with van der Waals surface area (Å²) in [5.74, 6) is 0.810. The van der Waals surface area contributed by atoms with Crippen LogP contribution < -0.4 is 4.80 Å². The van der Waals surface area contributed by atoms with Gasteiger partial charge in [-0.05, 0) is 23.8 Å². The van der Waals surface area contributed by atoms with Gasteiger partial charge in [-0.3, -0.25) is 4.79 Å². The number of ether oxygens (including phenoxy) is 1. The first-order chi connectivity index (χ1) is 13.9. The molecule has 0 atom stereocenters. The van der Waals surface area contributed by atoms with Crippen LogP contribution in [0.1, 0.15) is 5.56 Å². The van der Waals surface area contributed by atoms with Crippen molar-refractivity contribution in [1.29, 1.82) is 0 Å². The van der Waals surface area contributed by atoms with E-state index in [1.807, 2.05) is 34.9 Å². The van der Waals surface area contributed by atoms with E-state index in [4.69, 9.17) is 4.74 Å². The van der Waals surface area contributed by atoms with Crippen LogP contribution in [0.15, 0.2) is 58.4 Å². The van der Waals surface area contributed by atoms with Gasteiger partial charge in [-0.1, -0.05) is 41.7 Å². The number of hydrogen-bond donors (Lipinski definition) is 0. The lowest BCUT2D eigenvalue weighted by atomic mass is 10.2. The van der Waals surface area contributed by atoms with Crippen LogP contribution in [0.25, 0.3) is 10.2 Å². The Labute approximate surface area is 178 Å². The smallest absolute Gasteiger partial charge is 0.258 e. The SMILES string of the molecule is COCCn1c(=NC(=O)CSCc2ccccc2)sc2cc(S(C)(=O)=O)ccc21. The molecule has 1 amide bonds. The molecular weight excluding hydrogens is 428 g/mol. The van der Waals surface area contributed by atoms with Crippen LogP contribution in [0.4, 0.5) is 0 Å². The van der Waals surface area contributed by atoms with Crippen LogP contribution in [0.5, 0.6) is 0 Å². The van der Waals surface area contributed by atoms with Crippen LogP contribution in [-0.2, 0) is 31.7 Å². The Kier molecular flexibility index (Phi) is 7.28. The van der Waals surface area contributed by atoms with Crippen molar-refractivity contribution in [1.82, 2.24) is 4.57 Å². The molecule has 0 aliphatic carbocycles. The second-order valence-electron chi connectivity index (χ2n) is 6.41. The predicted octanol–water partition coefficient (Wildman–Crippen LogP) is 3.11. The van der Waals surface area contributed by atoms with Gasteiger partial charge in [0.05, 0.1) is 27.5 Å². The molecule has 0 bridgehead atoms. The number of aromatic nitrogens is 1. The molecule has 6 nitrogen and oxygen atoms in total. The quantitative estimate of drug-likeness (QED) is 0.527. The molecule has 0 radical (unpaired) electrons. The number of rotatable bonds is 8. The number of hydrogen-bond acceptors (Lipinski definition) is 6. The van der Waals surface area contributed by atoms with Crippen molar-refractivity contribution >= 4 is 49.1 Å². The number of thiazole rings is 1. The second-order valence-corrected chi connectivity index (χ2v) is 10.4. The third kappa shape index (κ3) is 5.79. The summed E-state index contributed by atoms with van der Waals surface area (Å²) in [5.41, 5.74) is 2.00. The summed E-state index contributed by atoms with van der Waals surface area (Å²) in [6.07, 6.45) is 1.18. The van der Waals surface area contributed by atoms with E-state index < -0.39 is 9.84 Å². The number of amides is 1. The fourth-order valence-corrected chi connectivity index (χ4v) is 5.34. The molecule has 1 heterocycles. The van der Waals surface area contributed by atoms with E-state index in [0.717, 1.165) is 21.5 Å². The summed E-state index contributed by atoms with van der Waals surface area (Å²) in [4.78, 5) is 17.5. The number of benzene rings is 2. The average Bonchev–Trinajstić information content (AvgIpc) is 3.02. The molecule has 3 aromatic rings. The maximum Gasteiger partial charge on any atom is 0.258 e. The van der Waals surface area contributed by atoms with Crippen LogP contribution in [0.3, 0.4) is 0 Å². The molecule has 9 heteroatoms. The van der Waals surface area contributed by atoms with Gasteiger partial charge >= 0.3 is 0 Å². The number of sulfone groups is 1. The van der Waals surface area contributed by atoms with Crippen molar-refractivity contribution in [3.63, 3.8) is 0 Å². The average molecular weight is 451 g/mol. The van der Waals surface area contributed by atoms with Gasteiger partial charge in [0.15, 0.2) is 14.6 Å². The summed E-state index contributed by atoms with van der Waals surface area (Å²) in [7, 11) is -1.69.